The molecule has 19 heavy (non-hydrogen) atoms. The van der Waals surface area contributed by atoms with E-state index in [2.05, 4.69) is 5.32 Å². The number of aliphatic hydroxyl groups is 1. The van der Waals surface area contributed by atoms with Gasteiger partial charge in [-0.15, -0.1) is 0 Å². The molecule has 0 amide bonds. The van der Waals surface area contributed by atoms with Gasteiger partial charge in [0.15, 0.2) is 0 Å². The highest BCUT2D eigenvalue weighted by molar-refractivity contribution is 5.35. The summed E-state index contributed by atoms with van der Waals surface area (Å²) in [5, 5.41) is 23.1. The van der Waals surface area contributed by atoms with E-state index in [1.54, 1.807) is 0 Å². The fourth-order valence-corrected chi connectivity index (χ4v) is 1.88. The van der Waals surface area contributed by atoms with Gasteiger partial charge in [0, 0.05) is 18.2 Å². The molecule has 0 atom stereocenters. The summed E-state index contributed by atoms with van der Waals surface area (Å²) in [6.07, 6.45) is 1.49. The zero-order valence-corrected chi connectivity index (χ0v) is 11.1. The fraction of sp³-hybridized carbons (Fsp3) is 0.538. The molecule has 0 fully saturated rings. The standard InChI is InChI=1S/C13H19FN2O3/c1-3-13(4-2,9-17)15-8-10-5-6-12(16(18)19)11(14)7-10/h5-7,15,17H,3-4,8-9H2,1-2H3. The molecule has 106 valence electrons. The predicted molar refractivity (Wildman–Crippen MR) is 70.3 cm³/mol. The van der Waals surface area contributed by atoms with Gasteiger partial charge in [0.05, 0.1) is 11.5 Å². The quantitative estimate of drug-likeness (QED) is 0.589. The van der Waals surface area contributed by atoms with E-state index in [0.29, 0.717) is 12.1 Å². The summed E-state index contributed by atoms with van der Waals surface area (Å²) in [4.78, 5) is 9.76. The molecule has 6 heteroatoms. The Bertz CT molecular complexity index is 439. The minimum absolute atomic E-state index is 0.00450. The van der Waals surface area contributed by atoms with Crippen molar-refractivity contribution >= 4 is 5.69 Å². The molecule has 5 nitrogen and oxygen atoms in total. The molecule has 0 aliphatic carbocycles. The van der Waals surface area contributed by atoms with Gasteiger partial charge in [0.25, 0.3) is 0 Å². The van der Waals surface area contributed by atoms with Gasteiger partial charge in [-0.1, -0.05) is 19.9 Å². The van der Waals surface area contributed by atoms with E-state index in [-0.39, 0.29) is 6.61 Å². The number of hydrogen-bond acceptors (Lipinski definition) is 4. The van der Waals surface area contributed by atoms with E-state index in [9.17, 15) is 19.6 Å². The van der Waals surface area contributed by atoms with Crippen molar-refractivity contribution in [3.63, 3.8) is 0 Å². The first-order valence-corrected chi connectivity index (χ1v) is 6.26. The number of nitro groups is 1. The molecule has 1 rings (SSSR count). The predicted octanol–water partition coefficient (Wildman–Crippen LogP) is 2.37. The van der Waals surface area contributed by atoms with Crippen LogP contribution in [0.3, 0.4) is 0 Å². The Hall–Kier alpha value is -1.53. The molecule has 0 bridgehead atoms. The molecule has 2 N–H and O–H groups in total. The smallest absolute Gasteiger partial charge is 0.304 e. The first-order valence-electron chi connectivity index (χ1n) is 6.26. The Kier molecular flexibility index (Phi) is 5.38. The molecule has 0 spiro atoms. The van der Waals surface area contributed by atoms with Gasteiger partial charge in [0.1, 0.15) is 0 Å². The van der Waals surface area contributed by atoms with Crippen LogP contribution in [0.4, 0.5) is 10.1 Å². The third-order valence-corrected chi connectivity index (χ3v) is 3.53. The summed E-state index contributed by atoms with van der Waals surface area (Å²) in [5.74, 6) is -0.841. The van der Waals surface area contributed by atoms with Crippen molar-refractivity contribution in [2.45, 2.75) is 38.8 Å². The monoisotopic (exact) mass is 270 g/mol. The highest BCUT2D eigenvalue weighted by Crippen LogP contribution is 2.19. The minimum atomic E-state index is -0.841. The van der Waals surface area contributed by atoms with Crippen molar-refractivity contribution < 1.29 is 14.4 Å². The van der Waals surface area contributed by atoms with Gasteiger partial charge >= 0.3 is 5.69 Å². The summed E-state index contributed by atoms with van der Waals surface area (Å²) in [6.45, 7) is 4.28. The molecule has 0 unspecified atom stereocenters. The molecule has 0 aromatic heterocycles. The van der Waals surface area contributed by atoms with E-state index in [1.807, 2.05) is 13.8 Å². The van der Waals surface area contributed by atoms with Crippen molar-refractivity contribution in [3.05, 3.63) is 39.7 Å². The van der Waals surface area contributed by atoms with Gasteiger partial charge in [-0.25, -0.2) is 0 Å². The lowest BCUT2D eigenvalue weighted by Crippen LogP contribution is -2.47. The van der Waals surface area contributed by atoms with E-state index >= 15 is 0 Å². The Balaban J connectivity index is 2.78. The molecule has 0 aliphatic heterocycles. The minimum Gasteiger partial charge on any atom is -0.394 e. The van der Waals surface area contributed by atoms with Crippen molar-refractivity contribution in [1.29, 1.82) is 0 Å². The van der Waals surface area contributed by atoms with Gasteiger partial charge in [0.2, 0.25) is 5.82 Å². The van der Waals surface area contributed by atoms with Crippen LogP contribution in [-0.2, 0) is 6.54 Å². The molecular weight excluding hydrogens is 251 g/mol. The number of benzene rings is 1. The normalized spacial score (nSPS) is 11.6. The van der Waals surface area contributed by atoms with Crippen molar-refractivity contribution in [1.82, 2.24) is 5.32 Å². The Morgan fingerprint density at radius 3 is 2.47 bits per heavy atom. The molecule has 0 aliphatic rings. The fourth-order valence-electron chi connectivity index (χ4n) is 1.88. The van der Waals surface area contributed by atoms with E-state index in [0.717, 1.165) is 25.0 Å². The first kappa shape index (κ1) is 15.5. The summed E-state index contributed by atoms with van der Waals surface area (Å²) < 4.78 is 13.4. The molecule has 0 radical (unpaired) electrons. The van der Waals surface area contributed by atoms with Crippen LogP contribution in [0, 0.1) is 15.9 Å². The number of nitrogens with zero attached hydrogens (tertiary/aromatic N) is 1. The van der Waals surface area contributed by atoms with Gasteiger partial charge in [-0.2, -0.15) is 4.39 Å². The Morgan fingerprint density at radius 2 is 2.05 bits per heavy atom. The maximum atomic E-state index is 13.4. The third-order valence-electron chi connectivity index (χ3n) is 3.53. The number of hydrogen-bond donors (Lipinski definition) is 2. The molecule has 0 saturated heterocycles. The molecule has 1 aromatic carbocycles. The lowest BCUT2D eigenvalue weighted by atomic mass is 9.93. The van der Waals surface area contributed by atoms with Crippen LogP contribution in [-0.4, -0.2) is 22.2 Å². The maximum absolute atomic E-state index is 13.4. The lowest BCUT2D eigenvalue weighted by molar-refractivity contribution is -0.387. The van der Waals surface area contributed by atoms with Crippen molar-refractivity contribution in [2.75, 3.05) is 6.61 Å². The van der Waals surface area contributed by atoms with Gasteiger partial charge in [-0.3, -0.25) is 10.1 Å². The van der Waals surface area contributed by atoms with E-state index < -0.39 is 22.0 Å². The highest BCUT2D eigenvalue weighted by Gasteiger charge is 2.24. The first-order chi connectivity index (χ1) is 8.98. The molecular formula is C13H19FN2O3. The van der Waals surface area contributed by atoms with Crippen LogP contribution in [0.2, 0.25) is 0 Å². The van der Waals surface area contributed by atoms with Gasteiger partial charge in [-0.05, 0) is 24.5 Å². The van der Waals surface area contributed by atoms with E-state index in [4.69, 9.17) is 0 Å². The lowest BCUT2D eigenvalue weighted by Gasteiger charge is -2.31. The summed E-state index contributed by atoms with van der Waals surface area (Å²) in [6, 6.07) is 3.82. The summed E-state index contributed by atoms with van der Waals surface area (Å²) in [7, 11) is 0. The molecule has 0 saturated carbocycles. The van der Waals surface area contributed by atoms with Gasteiger partial charge < -0.3 is 10.4 Å². The largest absolute Gasteiger partial charge is 0.394 e. The van der Waals surface area contributed by atoms with Crippen LogP contribution in [0.1, 0.15) is 32.3 Å². The van der Waals surface area contributed by atoms with Crippen LogP contribution >= 0.6 is 0 Å². The number of halogens is 1. The number of nitrogens with one attached hydrogen (secondary N) is 1. The number of rotatable bonds is 7. The van der Waals surface area contributed by atoms with Crippen LogP contribution in [0.5, 0.6) is 0 Å². The second kappa shape index (κ2) is 6.58. The van der Waals surface area contributed by atoms with Crippen molar-refractivity contribution in [3.8, 4) is 0 Å². The SMILES string of the molecule is CCC(CC)(CO)NCc1ccc([N+](=O)[O-])c(F)c1. The van der Waals surface area contributed by atoms with Crippen LogP contribution < -0.4 is 5.32 Å². The number of nitro benzene ring substituents is 1. The zero-order valence-electron chi connectivity index (χ0n) is 11.1. The van der Waals surface area contributed by atoms with Crippen molar-refractivity contribution in [2.24, 2.45) is 0 Å². The molecule has 0 heterocycles. The Labute approximate surface area is 111 Å². The third kappa shape index (κ3) is 3.71. The number of aliphatic hydroxyl groups excluding tert-OH is 1. The average molecular weight is 270 g/mol. The average Bonchev–Trinajstić information content (AvgIpc) is 2.40. The zero-order chi connectivity index (χ0) is 14.5. The van der Waals surface area contributed by atoms with E-state index in [1.165, 1.54) is 6.07 Å². The maximum Gasteiger partial charge on any atom is 0.304 e. The summed E-state index contributed by atoms with van der Waals surface area (Å²) >= 11 is 0. The van der Waals surface area contributed by atoms with Crippen LogP contribution in [0.25, 0.3) is 0 Å². The summed E-state index contributed by atoms with van der Waals surface area (Å²) in [5.41, 5.74) is -0.302. The van der Waals surface area contributed by atoms with Crippen LogP contribution in [0.15, 0.2) is 18.2 Å². The second-order valence-corrected chi connectivity index (χ2v) is 4.54. The molecule has 1 aromatic rings. The highest BCUT2D eigenvalue weighted by atomic mass is 19.1. The second-order valence-electron chi connectivity index (χ2n) is 4.54. The topological polar surface area (TPSA) is 75.4 Å². The Morgan fingerprint density at radius 1 is 1.42 bits per heavy atom.